The number of amides is 2. The summed E-state index contributed by atoms with van der Waals surface area (Å²) in [6.07, 6.45) is 1.20. The van der Waals surface area contributed by atoms with Crippen LogP contribution in [0.2, 0.25) is 0 Å². The molecule has 0 radical (unpaired) electrons. The first-order chi connectivity index (χ1) is 8.38. The summed E-state index contributed by atoms with van der Waals surface area (Å²) in [4.78, 5) is 22.6. The molecule has 2 rings (SSSR count). The average molecular weight is 298 g/mol. The predicted molar refractivity (Wildman–Crippen MR) is 51.2 cm³/mol. The molecule has 19 heavy (non-hydrogen) atoms. The van der Waals surface area contributed by atoms with Gasteiger partial charge < -0.3 is 9.87 Å². The van der Waals surface area contributed by atoms with E-state index in [0.717, 1.165) is 4.68 Å². The van der Waals surface area contributed by atoms with Gasteiger partial charge in [-0.2, -0.15) is 0 Å². The fourth-order valence-corrected chi connectivity index (χ4v) is 2.02. The quantitative estimate of drug-likeness (QED) is 0.327. The SMILES string of the molecule is O=C(Cn1cnnn1)NC1CN(S(=O)(=O)[O-])C1=O.[Na+]. The molecule has 1 aliphatic heterocycles. The van der Waals surface area contributed by atoms with Crippen LogP contribution in [0, 0.1) is 0 Å². The van der Waals surface area contributed by atoms with Crippen molar-refractivity contribution in [3.05, 3.63) is 6.33 Å². The van der Waals surface area contributed by atoms with Gasteiger partial charge in [-0.1, -0.05) is 0 Å². The molecule has 98 valence electrons. The topological polar surface area (TPSA) is 150 Å². The number of hydrogen-bond acceptors (Lipinski definition) is 8. The number of nitrogens with zero attached hydrogens (tertiary/aromatic N) is 5. The Bertz CT molecular complexity index is 573. The molecule has 11 nitrogen and oxygen atoms in total. The largest absolute Gasteiger partial charge is 1.00 e. The molecule has 2 amide bonds. The van der Waals surface area contributed by atoms with Gasteiger partial charge in [-0.3, -0.25) is 9.59 Å². The van der Waals surface area contributed by atoms with Crippen molar-refractivity contribution in [1.82, 2.24) is 29.8 Å². The molecule has 1 aromatic heterocycles. The maximum atomic E-state index is 11.4. The van der Waals surface area contributed by atoms with E-state index >= 15 is 0 Å². The van der Waals surface area contributed by atoms with Gasteiger partial charge in [0.1, 0.15) is 18.9 Å². The van der Waals surface area contributed by atoms with Crippen molar-refractivity contribution in [2.45, 2.75) is 12.6 Å². The molecule has 0 aromatic carbocycles. The van der Waals surface area contributed by atoms with E-state index in [4.69, 9.17) is 0 Å². The Morgan fingerprint density at radius 1 is 1.58 bits per heavy atom. The first-order valence-electron chi connectivity index (χ1n) is 4.65. The Morgan fingerprint density at radius 2 is 2.26 bits per heavy atom. The summed E-state index contributed by atoms with van der Waals surface area (Å²) in [7, 11) is -4.79. The molecule has 2 heterocycles. The number of tetrazole rings is 1. The molecule has 1 N–H and O–H groups in total. The molecule has 13 heteroatoms. The number of hydrogen-bond donors (Lipinski definition) is 1. The van der Waals surface area contributed by atoms with E-state index in [2.05, 4.69) is 20.8 Å². The number of carbonyl (C=O) groups excluding carboxylic acids is 2. The van der Waals surface area contributed by atoms with Crippen molar-refractivity contribution in [2.24, 2.45) is 0 Å². The van der Waals surface area contributed by atoms with E-state index in [1.807, 2.05) is 0 Å². The normalized spacial score (nSPS) is 18.5. The first kappa shape index (κ1) is 16.0. The molecule has 0 bridgehead atoms. The van der Waals surface area contributed by atoms with Crippen LogP contribution >= 0.6 is 0 Å². The van der Waals surface area contributed by atoms with E-state index in [0.29, 0.717) is 0 Å². The third-order valence-electron chi connectivity index (χ3n) is 2.19. The standard InChI is InChI=1S/C6H8N6O5S.Na/c13-5(2-11-3-7-9-10-11)8-4-1-12(6(4)14)18(15,16)17;/h3-4H,1-2H2,(H,8,13)(H,15,16,17);/q;+1/p-1. The fourth-order valence-electron chi connectivity index (χ4n) is 1.34. The van der Waals surface area contributed by atoms with Gasteiger partial charge in [0.25, 0.3) is 5.91 Å². The van der Waals surface area contributed by atoms with Crippen LogP contribution in [0.15, 0.2) is 6.33 Å². The zero-order valence-corrected chi connectivity index (χ0v) is 12.6. The molecule has 1 aliphatic rings. The van der Waals surface area contributed by atoms with Gasteiger partial charge in [0, 0.05) is 0 Å². The number of carbonyl (C=O) groups is 2. The minimum atomic E-state index is -4.79. The average Bonchev–Trinajstić information content (AvgIpc) is 2.74. The van der Waals surface area contributed by atoms with Crippen LogP contribution in [0.4, 0.5) is 0 Å². The van der Waals surface area contributed by atoms with Crippen LogP contribution in [0.25, 0.3) is 0 Å². The third kappa shape index (κ3) is 3.70. The summed E-state index contributed by atoms with van der Waals surface area (Å²) in [5.74, 6) is -1.52. The second kappa shape index (κ2) is 5.92. The Hall–Kier alpha value is -1.08. The number of β-lactam (4-membered cyclic amide) rings is 1. The molecule has 0 aliphatic carbocycles. The molecular formula is C6H7N6NaO5S. The monoisotopic (exact) mass is 298 g/mol. The molecule has 0 saturated carbocycles. The van der Waals surface area contributed by atoms with E-state index in [1.165, 1.54) is 6.33 Å². The summed E-state index contributed by atoms with van der Waals surface area (Å²) in [5.41, 5.74) is 0. The Balaban J connectivity index is 0.00000180. The molecule has 1 aromatic rings. The number of aromatic nitrogens is 4. The van der Waals surface area contributed by atoms with E-state index in [-0.39, 0.29) is 47.0 Å². The van der Waals surface area contributed by atoms with E-state index < -0.39 is 28.2 Å². The zero-order chi connectivity index (χ0) is 13.3. The molecule has 1 fully saturated rings. The summed E-state index contributed by atoms with van der Waals surface area (Å²) in [6, 6.07) is -1.00. The van der Waals surface area contributed by atoms with Gasteiger partial charge in [-0.05, 0) is 10.4 Å². The molecule has 0 spiro atoms. The second-order valence-electron chi connectivity index (χ2n) is 3.45. The Kier molecular flexibility index (Phi) is 4.98. The van der Waals surface area contributed by atoms with Crippen LogP contribution in [-0.4, -0.2) is 61.9 Å². The van der Waals surface area contributed by atoms with E-state index in [1.54, 1.807) is 0 Å². The first-order valence-corrected chi connectivity index (χ1v) is 6.02. The van der Waals surface area contributed by atoms with Crippen LogP contribution in [0.1, 0.15) is 0 Å². The molecule has 1 atom stereocenters. The second-order valence-corrected chi connectivity index (χ2v) is 4.75. The summed E-state index contributed by atoms with van der Waals surface area (Å²) >= 11 is 0. The number of nitrogens with one attached hydrogen (secondary N) is 1. The molecule has 1 unspecified atom stereocenters. The van der Waals surface area contributed by atoms with Crippen LogP contribution in [0.5, 0.6) is 0 Å². The maximum absolute atomic E-state index is 11.4. The Morgan fingerprint density at radius 3 is 2.74 bits per heavy atom. The molecular weight excluding hydrogens is 291 g/mol. The van der Waals surface area contributed by atoms with Crippen molar-refractivity contribution < 1.29 is 52.1 Å². The van der Waals surface area contributed by atoms with Gasteiger partial charge in [-0.15, -0.1) is 5.10 Å². The minimum Gasteiger partial charge on any atom is -0.731 e. The van der Waals surface area contributed by atoms with Gasteiger partial charge >= 0.3 is 29.6 Å². The van der Waals surface area contributed by atoms with Crippen molar-refractivity contribution >= 4 is 22.1 Å². The van der Waals surface area contributed by atoms with Gasteiger partial charge in [0.2, 0.25) is 5.91 Å². The van der Waals surface area contributed by atoms with E-state index in [9.17, 15) is 22.6 Å². The van der Waals surface area contributed by atoms with Gasteiger partial charge in [0.15, 0.2) is 10.3 Å². The summed E-state index contributed by atoms with van der Waals surface area (Å²) < 4.78 is 32.8. The van der Waals surface area contributed by atoms with Crippen LogP contribution < -0.4 is 34.9 Å². The molecule has 1 saturated heterocycles. The summed E-state index contributed by atoms with van der Waals surface area (Å²) in [6.45, 7) is -0.563. The van der Waals surface area contributed by atoms with Crippen molar-refractivity contribution in [1.29, 1.82) is 0 Å². The summed E-state index contributed by atoms with van der Waals surface area (Å²) in [5, 5.41) is 12.3. The predicted octanol–water partition coefficient (Wildman–Crippen LogP) is -6.54. The van der Waals surface area contributed by atoms with Crippen LogP contribution in [0.3, 0.4) is 0 Å². The van der Waals surface area contributed by atoms with Crippen LogP contribution in [-0.2, 0) is 26.4 Å². The third-order valence-corrected chi connectivity index (χ3v) is 3.06. The van der Waals surface area contributed by atoms with Crippen molar-refractivity contribution in [3.8, 4) is 0 Å². The van der Waals surface area contributed by atoms with Gasteiger partial charge in [-0.25, -0.2) is 17.4 Å². The van der Waals surface area contributed by atoms with Gasteiger partial charge in [0.05, 0.1) is 6.54 Å². The fraction of sp³-hybridized carbons (Fsp3) is 0.500. The number of rotatable bonds is 4. The van der Waals surface area contributed by atoms with Crippen molar-refractivity contribution in [2.75, 3.05) is 6.54 Å². The maximum Gasteiger partial charge on any atom is 1.00 e. The Labute approximate surface area is 129 Å². The smallest absolute Gasteiger partial charge is 0.731 e. The zero-order valence-electron chi connectivity index (χ0n) is 9.75. The minimum absolute atomic E-state index is 0. The van der Waals surface area contributed by atoms with Crippen molar-refractivity contribution in [3.63, 3.8) is 0 Å².